The van der Waals surface area contributed by atoms with Gasteiger partial charge in [-0.25, -0.2) is 4.39 Å². The van der Waals surface area contributed by atoms with E-state index in [2.05, 4.69) is 5.32 Å². The minimum Gasteiger partial charge on any atom is -0.321 e. The number of halogens is 2. The van der Waals surface area contributed by atoms with Crippen LogP contribution in [0.1, 0.15) is 15.9 Å². The monoisotopic (exact) mass is 355 g/mol. The molecule has 0 atom stereocenters. The number of aryl methyl sites for hydroxylation is 1. The number of carbonyl (C=O) groups is 1. The standard InChI is InChI=1S/C14H11FINO/c1-9-4-2-3-5-11(9)14(18)17-13-7-6-10(15)8-12(13)16/h2-8H,1H3,(H,17,18). The van der Waals surface area contributed by atoms with Gasteiger partial charge in [-0.3, -0.25) is 4.79 Å². The molecule has 4 heteroatoms. The van der Waals surface area contributed by atoms with Gasteiger partial charge in [0, 0.05) is 9.13 Å². The van der Waals surface area contributed by atoms with E-state index in [1.54, 1.807) is 12.1 Å². The van der Waals surface area contributed by atoms with Gasteiger partial charge in [-0.1, -0.05) is 18.2 Å². The molecule has 0 spiro atoms. The Labute approximate surface area is 118 Å². The Kier molecular flexibility index (Phi) is 3.96. The molecule has 0 aliphatic heterocycles. The lowest BCUT2D eigenvalue weighted by Gasteiger charge is -2.09. The van der Waals surface area contributed by atoms with Crippen LogP contribution in [0.5, 0.6) is 0 Å². The van der Waals surface area contributed by atoms with E-state index in [1.165, 1.54) is 12.1 Å². The summed E-state index contributed by atoms with van der Waals surface area (Å²) in [5.74, 6) is -0.495. The van der Waals surface area contributed by atoms with Gasteiger partial charge in [0.25, 0.3) is 5.91 Å². The number of nitrogens with one attached hydrogen (secondary N) is 1. The molecule has 0 heterocycles. The lowest BCUT2D eigenvalue weighted by molar-refractivity contribution is 0.102. The van der Waals surface area contributed by atoms with Gasteiger partial charge in [0.15, 0.2) is 0 Å². The maximum absolute atomic E-state index is 13.0. The van der Waals surface area contributed by atoms with E-state index >= 15 is 0 Å². The fourth-order valence-corrected chi connectivity index (χ4v) is 2.22. The summed E-state index contributed by atoms with van der Waals surface area (Å²) in [6.45, 7) is 1.88. The van der Waals surface area contributed by atoms with Crippen LogP contribution in [-0.4, -0.2) is 5.91 Å². The Morgan fingerprint density at radius 3 is 2.61 bits per heavy atom. The second kappa shape index (κ2) is 5.48. The van der Waals surface area contributed by atoms with Gasteiger partial charge < -0.3 is 5.32 Å². The van der Waals surface area contributed by atoms with Crippen LogP contribution in [0.3, 0.4) is 0 Å². The highest BCUT2D eigenvalue weighted by molar-refractivity contribution is 14.1. The SMILES string of the molecule is Cc1ccccc1C(=O)Nc1ccc(F)cc1I. The first kappa shape index (κ1) is 13.0. The zero-order valence-corrected chi connectivity index (χ0v) is 11.9. The van der Waals surface area contributed by atoms with Crippen molar-refractivity contribution >= 4 is 34.2 Å². The van der Waals surface area contributed by atoms with Crippen molar-refractivity contribution in [2.75, 3.05) is 5.32 Å². The minimum atomic E-state index is -0.312. The van der Waals surface area contributed by atoms with Crippen molar-refractivity contribution in [2.24, 2.45) is 0 Å². The van der Waals surface area contributed by atoms with Crippen molar-refractivity contribution in [3.8, 4) is 0 Å². The topological polar surface area (TPSA) is 29.1 Å². The first-order chi connectivity index (χ1) is 8.58. The third-order valence-electron chi connectivity index (χ3n) is 2.57. The van der Waals surface area contributed by atoms with E-state index in [0.717, 1.165) is 5.56 Å². The third-order valence-corrected chi connectivity index (χ3v) is 3.46. The number of anilines is 1. The average molecular weight is 355 g/mol. The molecule has 0 aliphatic rings. The molecule has 0 saturated carbocycles. The van der Waals surface area contributed by atoms with Crippen LogP contribution in [0.4, 0.5) is 10.1 Å². The zero-order valence-electron chi connectivity index (χ0n) is 9.71. The molecule has 0 fully saturated rings. The molecule has 0 unspecified atom stereocenters. The molecule has 1 amide bonds. The van der Waals surface area contributed by atoms with Crippen molar-refractivity contribution in [3.63, 3.8) is 0 Å². The van der Waals surface area contributed by atoms with Crippen molar-refractivity contribution in [1.82, 2.24) is 0 Å². The Bertz CT molecular complexity index is 598. The first-order valence-corrected chi connectivity index (χ1v) is 6.48. The number of benzene rings is 2. The molecule has 18 heavy (non-hydrogen) atoms. The highest BCUT2D eigenvalue weighted by atomic mass is 127. The van der Waals surface area contributed by atoms with Crippen LogP contribution in [-0.2, 0) is 0 Å². The molecular weight excluding hydrogens is 344 g/mol. The molecule has 92 valence electrons. The number of hydrogen-bond donors (Lipinski definition) is 1. The molecule has 2 nitrogen and oxygen atoms in total. The largest absolute Gasteiger partial charge is 0.321 e. The molecule has 0 radical (unpaired) electrons. The quantitative estimate of drug-likeness (QED) is 0.811. The van der Waals surface area contributed by atoms with E-state index in [4.69, 9.17) is 0 Å². The number of amides is 1. The fourth-order valence-electron chi connectivity index (χ4n) is 1.61. The Morgan fingerprint density at radius 1 is 1.22 bits per heavy atom. The molecular formula is C14H11FINO. The predicted octanol–water partition coefficient (Wildman–Crippen LogP) is 3.99. The van der Waals surface area contributed by atoms with Crippen LogP contribution < -0.4 is 5.32 Å². The van der Waals surface area contributed by atoms with Crippen molar-refractivity contribution in [2.45, 2.75) is 6.92 Å². The molecule has 1 N–H and O–H groups in total. The lowest BCUT2D eigenvalue weighted by atomic mass is 10.1. The smallest absolute Gasteiger partial charge is 0.255 e. The predicted molar refractivity (Wildman–Crippen MR) is 78.2 cm³/mol. The molecule has 0 bridgehead atoms. The van der Waals surface area contributed by atoms with E-state index < -0.39 is 0 Å². The molecule has 0 saturated heterocycles. The second-order valence-electron chi connectivity index (χ2n) is 3.89. The summed E-state index contributed by atoms with van der Waals surface area (Å²) in [6.07, 6.45) is 0. The van der Waals surface area contributed by atoms with Crippen molar-refractivity contribution in [3.05, 3.63) is 63.0 Å². The van der Waals surface area contributed by atoms with Crippen LogP contribution in [0, 0.1) is 16.3 Å². The summed E-state index contributed by atoms with van der Waals surface area (Å²) in [4.78, 5) is 12.1. The highest BCUT2D eigenvalue weighted by Gasteiger charge is 2.10. The summed E-state index contributed by atoms with van der Waals surface area (Å²) >= 11 is 1.99. The van der Waals surface area contributed by atoms with Crippen LogP contribution in [0.25, 0.3) is 0 Å². The molecule has 2 rings (SSSR count). The average Bonchev–Trinajstić information content (AvgIpc) is 2.33. The number of rotatable bonds is 2. The van der Waals surface area contributed by atoms with Gasteiger partial charge in [-0.05, 0) is 59.3 Å². The summed E-state index contributed by atoms with van der Waals surface area (Å²) in [5, 5.41) is 2.78. The summed E-state index contributed by atoms with van der Waals surface area (Å²) < 4.78 is 13.6. The van der Waals surface area contributed by atoms with Crippen molar-refractivity contribution in [1.29, 1.82) is 0 Å². The molecule has 0 aromatic heterocycles. The molecule has 2 aromatic rings. The molecule has 2 aromatic carbocycles. The fraction of sp³-hybridized carbons (Fsp3) is 0.0714. The minimum absolute atomic E-state index is 0.183. The third kappa shape index (κ3) is 2.87. The number of hydrogen-bond acceptors (Lipinski definition) is 1. The zero-order chi connectivity index (χ0) is 13.1. The van der Waals surface area contributed by atoms with E-state index in [1.807, 2.05) is 47.7 Å². The van der Waals surface area contributed by atoms with Gasteiger partial charge in [0.05, 0.1) is 5.69 Å². The van der Waals surface area contributed by atoms with Gasteiger partial charge in [0.1, 0.15) is 5.82 Å². The normalized spacial score (nSPS) is 10.2. The van der Waals surface area contributed by atoms with Gasteiger partial charge in [-0.2, -0.15) is 0 Å². The van der Waals surface area contributed by atoms with Gasteiger partial charge in [-0.15, -0.1) is 0 Å². The highest BCUT2D eigenvalue weighted by Crippen LogP contribution is 2.20. The van der Waals surface area contributed by atoms with Crippen LogP contribution in [0.2, 0.25) is 0 Å². The van der Waals surface area contributed by atoms with Gasteiger partial charge >= 0.3 is 0 Å². The Morgan fingerprint density at radius 2 is 1.94 bits per heavy atom. The summed E-state index contributed by atoms with van der Waals surface area (Å²) in [6, 6.07) is 11.6. The van der Waals surface area contributed by atoms with E-state index in [9.17, 15) is 9.18 Å². The Balaban J connectivity index is 2.24. The summed E-state index contributed by atoms with van der Waals surface area (Å²) in [7, 11) is 0. The molecule has 0 aliphatic carbocycles. The van der Waals surface area contributed by atoms with Gasteiger partial charge in [0.2, 0.25) is 0 Å². The number of carbonyl (C=O) groups excluding carboxylic acids is 1. The lowest BCUT2D eigenvalue weighted by Crippen LogP contribution is -2.14. The summed E-state index contributed by atoms with van der Waals surface area (Å²) in [5.41, 5.74) is 2.15. The van der Waals surface area contributed by atoms with E-state index in [-0.39, 0.29) is 11.7 Å². The van der Waals surface area contributed by atoms with Crippen LogP contribution in [0.15, 0.2) is 42.5 Å². The van der Waals surface area contributed by atoms with E-state index in [0.29, 0.717) is 14.8 Å². The van der Waals surface area contributed by atoms with Crippen LogP contribution >= 0.6 is 22.6 Å². The first-order valence-electron chi connectivity index (χ1n) is 5.40. The maximum atomic E-state index is 13.0. The van der Waals surface area contributed by atoms with Crippen molar-refractivity contribution < 1.29 is 9.18 Å². The second-order valence-corrected chi connectivity index (χ2v) is 5.06. The maximum Gasteiger partial charge on any atom is 0.255 e. The Hall–Kier alpha value is -1.43.